The van der Waals surface area contributed by atoms with Gasteiger partial charge in [-0.2, -0.15) is 0 Å². The molecule has 1 aromatic heterocycles. The summed E-state index contributed by atoms with van der Waals surface area (Å²) in [5.74, 6) is -0.0481. The topological polar surface area (TPSA) is 74.4 Å². The lowest BCUT2D eigenvalue weighted by atomic mass is 10.1. The summed E-state index contributed by atoms with van der Waals surface area (Å²) in [7, 11) is 0. The molecule has 0 aliphatic carbocycles. The fourth-order valence-corrected chi connectivity index (χ4v) is 3.52. The molecule has 7 heteroatoms. The van der Waals surface area contributed by atoms with Gasteiger partial charge in [0.1, 0.15) is 11.3 Å². The van der Waals surface area contributed by atoms with Crippen LogP contribution < -0.4 is 5.32 Å². The number of amides is 2. The van der Waals surface area contributed by atoms with Gasteiger partial charge in [0.15, 0.2) is 0 Å². The van der Waals surface area contributed by atoms with Crippen molar-refractivity contribution >= 4 is 38.8 Å². The molecule has 1 atom stereocenters. The Morgan fingerprint density at radius 3 is 2.81 bits per heavy atom. The third-order valence-electron chi connectivity index (χ3n) is 4.24. The predicted octanol–water partition coefficient (Wildman–Crippen LogP) is 4.06. The lowest BCUT2D eigenvalue weighted by molar-refractivity contribution is 0.0451. The Balaban J connectivity index is 1.66. The largest absolute Gasteiger partial charge is 0.444 e. The van der Waals surface area contributed by atoms with Crippen LogP contribution in [0.5, 0.6) is 0 Å². The molecule has 1 fully saturated rings. The van der Waals surface area contributed by atoms with Crippen LogP contribution in [-0.2, 0) is 4.74 Å². The maximum Gasteiger partial charge on any atom is 0.407 e. The summed E-state index contributed by atoms with van der Waals surface area (Å²) >= 11 is 3.45. The maximum absolute atomic E-state index is 12.9. The number of aromatic amines is 1. The van der Waals surface area contributed by atoms with Crippen molar-refractivity contribution in [2.75, 3.05) is 13.1 Å². The molecule has 1 aliphatic heterocycles. The third kappa shape index (κ3) is 4.58. The van der Waals surface area contributed by atoms with Crippen molar-refractivity contribution in [2.45, 2.75) is 45.3 Å². The fourth-order valence-electron chi connectivity index (χ4n) is 3.14. The van der Waals surface area contributed by atoms with Crippen molar-refractivity contribution < 1.29 is 14.3 Å². The summed E-state index contributed by atoms with van der Waals surface area (Å²) < 4.78 is 6.28. The fraction of sp³-hybridized carbons (Fsp3) is 0.474. The van der Waals surface area contributed by atoms with Gasteiger partial charge in [-0.1, -0.05) is 15.9 Å². The Kier molecular flexibility index (Phi) is 5.27. The Morgan fingerprint density at radius 2 is 2.08 bits per heavy atom. The van der Waals surface area contributed by atoms with Crippen LogP contribution in [0, 0.1) is 0 Å². The van der Waals surface area contributed by atoms with E-state index in [2.05, 4.69) is 26.2 Å². The van der Waals surface area contributed by atoms with Crippen molar-refractivity contribution in [1.29, 1.82) is 0 Å². The van der Waals surface area contributed by atoms with Gasteiger partial charge in [0.2, 0.25) is 0 Å². The second kappa shape index (κ2) is 7.31. The van der Waals surface area contributed by atoms with E-state index in [0.717, 1.165) is 28.2 Å². The van der Waals surface area contributed by atoms with Crippen molar-refractivity contribution in [3.05, 3.63) is 34.4 Å². The van der Waals surface area contributed by atoms with Gasteiger partial charge < -0.3 is 19.9 Å². The van der Waals surface area contributed by atoms with E-state index >= 15 is 0 Å². The van der Waals surface area contributed by atoms with Gasteiger partial charge in [0, 0.05) is 34.5 Å². The van der Waals surface area contributed by atoms with E-state index in [9.17, 15) is 9.59 Å². The van der Waals surface area contributed by atoms with Crippen LogP contribution in [0.15, 0.2) is 28.7 Å². The highest BCUT2D eigenvalue weighted by atomic mass is 79.9. The highest BCUT2D eigenvalue weighted by molar-refractivity contribution is 9.10. The van der Waals surface area contributed by atoms with Gasteiger partial charge in [0.25, 0.3) is 5.91 Å². The van der Waals surface area contributed by atoms with E-state index in [1.54, 1.807) is 4.90 Å². The Labute approximate surface area is 161 Å². The molecule has 6 nitrogen and oxygen atoms in total. The summed E-state index contributed by atoms with van der Waals surface area (Å²) in [4.78, 5) is 29.8. The van der Waals surface area contributed by atoms with Crippen LogP contribution in [0.3, 0.4) is 0 Å². The molecule has 1 aromatic carbocycles. The van der Waals surface area contributed by atoms with E-state index in [-0.39, 0.29) is 11.9 Å². The number of benzene rings is 1. The highest BCUT2D eigenvalue weighted by Gasteiger charge is 2.27. The summed E-state index contributed by atoms with van der Waals surface area (Å²) in [5.41, 5.74) is 0.959. The smallest absolute Gasteiger partial charge is 0.407 e. The number of aromatic nitrogens is 1. The van der Waals surface area contributed by atoms with Crippen LogP contribution in [0.1, 0.15) is 44.1 Å². The van der Waals surface area contributed by atoms with E-state index in [1.807, 2.05) is 45.0 Å². The quantitative estimate of drug-likeness (QED) is 0.767. The van der Waals surface area contributed by atoms with Crippen LogP contribution in [0.2, 0.25) is 0 Å². The zero-order valence-corrected chi connectivity index (χ0v) is 16.9. The first-order chi connectivity index (χ1) is 12.2. The zero-order valence-electron chi connectivity index (χ0n) is 15.3. The van der Waals surface area contributed by atoms with E-state index in [1.165, 1.54) is 0 Å². The first-order valence-electron chi connectivity index (χ1n) is 8.78. The number of piperidine rings is 1. The third-order valence-corrected chi connectivity index (χ3v) is 4.74. The van der Waals surface area contributed by atoms with Crippen molar-refractivity contribution in [3.63, 3.8) is 0 Å². The zero-order chi connectivity index (χ0) is 18.9. The van der Waals surface area contributed by atoms with Crippen LogP contribution in [0.25, 0.3) is 10.9 Å². The van der Waals surface area contributed by atoms with Gasteiger partial charge in [-0.3, -0.25) is 4.79 Å². The molecule has 0 spiro atoms. The number of rotatable bonds is 2. The minimum Gasteiger partial charge on any atom is -0.444 e. The molecule has 0 saturated carbocycles. The van der Waals surface area contributed by atoms with Crippen molar-refractivity contribution in [3.8, 4) is 0 Å². The second-order valence-corrected chi connectivity index (χ2v) is 8.57. The number of carbonyl (C=O) groups is 2. The molecule has 0 bridgehead atoms. The van der Waals surface area contributed by atoms with Crippen LogP contribution >= 0.6 is 15.9 Å². The second-order valence-electron chi connectivity index (χ2n) is 7.65. The van der Waals surface area contributed by atoms with Crippen LogP contribution in [0.4, 0.5) is 4.79 Å². The minimum atomic E-state index is -0.535. The minimum absolute atomic E-state index is 0.0481. The lowest BCUT2D eigenvalue weighted by Gasteiger charge is -2.33. The molecule has 1 saturated heterocycles. The number of hydrogen-bond acceptors (Lipinski definition) is 3. The molecule has 0 radical (unpaired) electrons. The highest BCUT2D eigenvalue weighted by Crippen LogP contribution is 2.22. The number of halogens is 1. The predicted molar refractivity (Wildman–Crippen MR) is 104 cm³/mol. The lowest BCUT2D eigenvalue weighted by Crippen LogP contribution is -2.50. The van der Waals surface area contributed by atoms with Gasteiger partial charge in [-0.05, 0) is 57.9 Å². The number of H-pyrrole nitrogens is 1. The molecule has 2 aromatic rings. The number of nitrogens with zero attached hydrogens (tertiary/aromatic N) is 1. The van der Waals surface area contributed by atoms with Gasteiger partial charge in [0.05, 0.1) is 0 Å². The molecule has 2 amide bonds. The van der Waals surface area contributed by atoms with Crippen molar-refractivity contribution in [1.82, 2.24) is 15.2 Å². The first-order valence-corrected chi connectivity index (χ1v) is 9.58. The van der Waals surface area contributed by atoms with Gasteiger partial charge in [-0.25, -0.2) is 4.79 Å². The molecular formula is C19H24BrN3O3. The molecule has 140 valence electrons. The molecule has 2 heterocycles. The number of nitrogens with one attached hydrogen (secondary N) is 2. The summed E-state index contributed by atoms with van der Waals surface area (Å²) in [6, 6.07) is 7.63. The van der Waals surface area contributed by atoms with Gasteiger partial charge in [-0.15, -0.1) is 0 Å². The SMILES string of the molecule is CC(C)(C)OC(=O)N[C@@H]1CCCN(C(=O)c2cc3cc(Br)ccc3[nH]2)C1. The molecular weight excluding hydrogens is 398 g/mol. The molecule has 1 aliphatic rings. The number of hydrogen-bond donors (Lipinski definition) is 2. The summed E-state index contributed by atoms with van der Waals surface area (Å²) in [6.45, 7) is 6.66. The Hall–Kier alpha value is -2.02. The maximum atomic E-state index is 12.9. The molecule has 0 unspecified atom stereocenters. The van der Waals surface area contributed by atoms with Crippen molar-refractivity contribution in [2.24, 2.45) is 0 Å². The first kappa shape index (κ1) is 18.8. The van der Waals surface area contributed by atoms with E-state index in [0.29, 0.717) is 18.8 Å². The molecule has 2 N–H and O–H groups in total. The normalized spacial score (nSPS) is 18.0. The Bertz CT molecular complexity index is 825. The average Bonchev–Trinajstić information content (AvgIpc) is 2.95. The van der Waals surface area contributed by atoms with E-state index < -0.39 is 11.7 Å². The summed E-state index contributed by atoms with van der Waals surface area (Å²) in [5, 5.41) is 3.86. The van der Waals surface area contributed by atoms with Gasteiger partial charge >= 0.3 is 6.09 Å². The number of likely N-dealkylation sites (tertiary alicyclic amines) is 1. The Morgan fingerprint density at radius 1 is 1.31 bits per heavy atom. The number of carbonyl (C=O) groups excluding carboxylic acids is 2. The monoisotopic (exact) mass is 421 g/mol. The number of ether oxygens (including phenoxy) is 1. The van der Waals surface area contributed by atoms with Crippen LogP contribution in [-0.4, -0.2) is 46.6 Å². The van der Waals surface area contributed by atoms with E-state index in [4.69, 9.17) is 4.74 Å². The molecule has 3 rings (SSSR count). The number of alkyl carbamates (subject to hydrolysis) is 1. The average molecular weight is 422 g/mol. The standard InChI is InChI=1S/C19H24BrN3O3/c1-19(2,3)26-18(25)21-14-5-4-8-23(11-14)17(24)16-10-12-9-13(20)6-7-15(12)22-16/h6-7,9-10,14,22H,4-5,8,11H2,1-3H3,(H,21,25)/t14-/m1/s1. The summed E-state index contributed by atoms with van der Waals surface area (Å²) in [6.07, 6.45) is 1.24. The molecule has 26 heavy (non-hydrogen) atoms. The number of fused-ring (bicyclic) bond motifs is 1.